The topological polar surface area (TPSA) is 9.86 Å². The van der Waals surface area contributed by atoms with Gasteiger partial charge in [-0.25, -0.2) is 0 Å². The molecule has 0 spiro atoms. The van der Waals surface area contributed by atoms with Crippen molar-refractivity contribution in [3.8, 4) is 5.69 Å². The zero-order valence-electron chi connectivity index (χ0n) is 23.1. The molecule has 1 aliphatic rings. The minimum Gasteiger partial charge on any atom is -0.313 e. The third-order valence-corrected chi connectivity index (χ3v) is 9.04. The Morgan fingerprint density at radius 2 is 1.07 bits per heavy atom. The minimum atomic E-state index is 0.336. The number of hydrogen-bond donors (Lipinski definition) is 0. The summed E-state index contributed by atoms with van der Waals surface area (Å²) in [7, 11) is 0. The lowest BCUT2D eigenvalue weighted by atomic mass is 9.89. The molecule has 0 aliphatic heterocycles. The molecule has 0 saturated heterocycles. The average Bonchev–Trinajstić information content (AvgIpc) is 3.57. The van der Waals surface area contributed by atoms with Crippen LogP contribution in [0.3, 0.4) is 0 Å². The predicted octanol–water partition coefficient (Wildman–Crippen LogP) is 10.6. The molecule has 1 aliphatic carbocycles. The van der Waals surface area contributed by atoms with Crippen molar-refractivity contribution >= 4 is 60.1 Å². The van der Waals surface area contributed by atoms with Gasteiger partial charge in [0.15, 0.2) is 0 Å². The molecule has 2 heterocycles. The van der Waals surface area contributed by atoms with Crippen LogP contribution in [0.4, 0.5) is 0 Å². The molecular formula is C40H28N2. The Labute approximate surface area is 244 Å². The third kappa shape index (κ3) is 3.45. The van der Waals surface area contributed by atoms with E-state index in [1.54, 1.807) is 0 Å². The highest BCUT2D eigenvalue weighted by Crippen LogP contribution is 2.40. The van der Waals surface area contributed by atoms with E-state index in [-0.39, 0.29) is 0 Å². The molecule has 1 unspecified atom stereocenters. The molecule has 1 atom stereocenters. The van der Waals surface area contributed by atoms with Gasteiger partial charge in [0.2, 0.25) is 0 Å². The fraction of sp³-hybridized carbons (Fsp3) is 0.0500. The smallest absolute Gasteiger partial charge is 0.0541 e. The molecule has 0 saturated carbocycles. The first-order valence-corrected chi connectivity index (χ1v) is 14.7. The number of fused-ring (bicyclic) bond motifs is 7. The van der Waals surface area contributed by atoms with Gasteiger partial charge in [-0.3, -0.25) is 0 Å². The summed E-state index contributed by atoms with van der Waals surface area (Å²) in [6.07, 6.45) is 7.84. The molecular weight excluding hydrogens is 508 g/mol. The van der Waals surface area contributed by atoms with Gasteiger partial charge in [-0.05, 0) is 65.2 Å². The molecule has 0 radical (unpaired) electrons. The van der Waals surface area contributed by atoms with E-state index in [4.69, 9.17) is 0 Å². The van der Waals surface area contributed by atoms with Gasteiger partial charge in [0.1, 0.15) is 0 Å². The molecule has 0 bridgehead atoms. The maximum absolute atomic E-state index is 2.48. The highest BCUT2D eigenvalue weighted by atomic mass is 15.0. The Hall–Kier alpha value is -5.34. The second kappa shape index (κ2) is 9.09. The van der Waals surface area contributed by atoms with Crippen LogP contribution >= 0.6 is 0 Å². The average molecular weight is 537 g/mol. The lowest BCUT2D eigenvalue weighted by Crippen LogP contribution is -2.06. The number of para-hydroxylation sites is 3. The van der Waals surface area contributed by atoms with E-state index in [1.165, 1.54) is 71.3 Å². The van der Waals surface area contributed by atoms with E-state index in [0.717, 1.165) is 6.42 Å². The Morgan fingerprint density at radius 1 is 0.476 bits per heavy atom. The normalized spacial score (nSPS) is 15.3. The number of hydrogen-bond acceptors (Lipinski definition) is 0. The summed E-state index contributed by atoms with van der Waals surface area (Å²) < 4.78 is 4.90. The molecule has 0 amide bonds. The molecule has 8 aromatic rings. The first-order valence-electron chi connectivity index (χ1n) is 14.7. The van der Waals surface area contributed by atoms with E-state index in [0.29, 0.717) is 5.92 Å². The molecule has 2 heteroatoms. The first kappa shape index (κ1) is 23.4. The zero-order valence-corrected chi connectivity index (χ0v) is 23.1. The Balaban J connectivity index is 1.20. The largest absolute Gasteiger partial charge is 0.313 e. The standard InChI is InChI=1S/C40H28N2/c1-2-11-28-24-30(21-20-27(28)10-1)29-12-9-13-31(25-29)41-39-19-8-5-16-35(39)36-26-32(22-23-40(36)41)42-37-17-6-3-14-33(37)34-15-4-7-18-38(34)42/h1-24,26,29H,25H2. The van der Waals surface area contributed by atoms with Crippen molar-refractivity contribution in [2.24, 2.45) is 0 Å². The van der Waals surface area contributed by atoms with Crippen LogP contribution in [0.1, 0.15) is 17.9 Å². The SMILES string of the molecule is C1=CC(c2ccc3ccccc3c2)CC(n2c3ccccc3c3cc(-n4c5ccccc5c5ccccc54)ccc32)=C1. The van der Waals surface area contributed by atoms with Crippen LogP contribution in [-0.4, -0.2) is 9.13 Å². The minimum absolute atomic E-state index is 0.336. The number of nitrogens with zero attached hydrogens (tertiary/aromatic N) is 2. The quantitative estimate of drug-likeness (QED) is 0.213. The number of rotatable bonds is 3. The maximum Gasteiger partial charge on any atom is 0.0541 e. The number of benzene rings is 6. The van der Waals surface area contributed by atoms with Gasteiger partial charge in [-0.1, -0.05) is 109 Å². The van der Waals surface area contributed by atoms with Gasteiger partial charge in [-0.15, -0.1) is 0 Å². The van der Waals surface area contributed by atoms with Crippen molar-refractivity contribution in [1.82, 2.24) is 9.13 Å². The molecule has 6 aromatic carbocycles. The summed E-state index contributed by atoms with van der Waals surface area (Å²) in [4.78, 5) is 0. The van der Waals surface area contributed by atoms with Gasteiger partial charge in [0.05, 0.1) is 22.1 Å². The molecule has 2 nitrogen and oxygen atoms in total. The Bertz CT molecular complexity index is 2340. The Morgan fingerprint density at radius 3 is 1.81 bits per heavy atom. The lowest BCUT2D eigenvalue weighted by Gasteiger charge is -2.22. The third-order valence-electron chi connectivity index (χ3n) is 9.04. The monoisotopic (exact) mass is 536 g/mol. The second-order valence-electron chi connectivity index (χ2n) is 11.4. The molecule has 2 aromatic heterocycles. The fourth-order valence-electron chi connectivity index (χ4n) is 7.11. The highest BCUT2D eigenvalue weighted by molar-refractivity contribution is 6.12. The molecule has 0 fully saturated rings. The van der Waals surface area contributed by atoms with E-state index < -0.39 is 0 Å². The summed E-state index contributed by atoms with van der Waals surface area (Å²) in [6.45, 7) is 0. The van der Waals surface area contributed by atoms with Crippen molar-refractivity contribution in [1.29, 1.82) is 0 Å². The summed E-state index contributed by atoms with van der Waals surface area (Å²) in [5, 5.41) is 7.73. The van der Waals surface area contributed by atoms with Gasteiger partial charge in [0.25, 0.3) is 0 Å². The van der Waals surface area contributed by atoms with Crippen LogP contribution in [0.2, 0.25) is 0 Å². The van der Waals surface area contributed by atoms with Crippen molar-refractivity contribution in [3.63, 3.8) is 0 Å². The van der Waals surface area contributed by atoms with Crippen LogP contribution in [0.5, 0.6) is 0 Å². The summed E-state index contributed by atoms with van der Waals surface area (Å²) in [6, 6.07) is 48.8. The molecule has 0 N–H and O–H groups in total. The van der Waals surface area contributed by atoms with E-state index >= 15 is 0 Å². The summed E-state index contributed by atoms with van der Waals surface area (Å²) >= 11 is 0. The maximum atomic E-state index is 2.48. The number of aromatic nitrogens is 2. The highest BCUT2D eigenvalue weighted by Gasteiger charge is 2.20. The number of allylic oxidation sites excluding steroid dienone is 4. The van der Waals surface area contributed by atoms with Crippen LogP contribution in [0.15, 0.2) is 152 Å². The molecule has 9 rings (SSSR count). The molecule has 198 valence electrons. The fourth-order valence-corrected chi connectivity index (χ4v) is 7.11. The van der Waals surface area contributed by atoms with Crippen molar-refractivity contribution in [2.75, 3.05) is 0 Å². The van der Waals surface area contributed by atoms with Crippen molar-refractivity contribution in [3.05, 3.63) is 157 Å². The lowest BCUT2D eigenvalue weighted by molar-refractivity contribution is 0.838. The first-order chi connectivity index (χ1) is 20.8. The van der Waals surface area contributed by atoms with Gasteiger partial charge < -0.3 is 9.13 Å². The van der Waals surface area contributed by atoms with Gasteiger partial charge in [-0.2, -0.15) is 0 Å². The zero-order chi connectivity index (χ0) is 27.6. The Kier molecular flexibility index (Phi) is 5.06. The van der Waals surface area contributed by atoms with E-state index in [2.05, 4.69) is 161 Å². The van der Waals surface area contributed by atoms with Crippen molar-refractivity contribution in [2.45, 2.75) is 12.3 Å². The van der Waals surface area contributed by atoms with Gasteiger partial charge >= 0.3 is 0 Å². The van der Waals surface area contributed by atoms with Crippen LogP contribution < -0.4 is 0 Å². The van der Waals surface area contributed by atoms with E-state index in [1.807, 2.05) is 0 Å². The van der Waals surface area contributed by atoms with Crippen LogP contribution in [0.25, 0.3) is 65.8 Å². The van der Waals surface area contributed by atoms with E-state index in [9.17, 15) is 0 Å². The van der Waals surface area contributed by atoms with Gasteiger partial charge in [0, 0.05) is 38.8 Å². The summed E-state index contributed by atoms with van der Waals surface area (Å²) in [5.41, 5.74) is 8.86. The van der Waals surface area contributed by atoms with Crippen LogP contribution in [-0.2, 0) is 0 Å². The predicted molar refractivity (Wildman–Crippen MR) is 179 cm³/mol. The van der Waals surface area contributed by atoms with Crippen LogP contribution in [0, 0.1) is 0 Å². The van der Waals surface area contributed by atoms with Crippen molar-refractivity contribution < 1.29 is 0 Å². The summed E-state index contributed by atoms with van der Waals surface area (Å²) in [5.74, 6) is 0.336. The molecule has 42 heavy (non-hydrogen) atoms. The second-order valence-corrected chi connectivity index (χ2v) is 11.4.